The lowest BCUT2D eigenvalue weighted by atomic mass is 10.1. The molecule has 5 nitrogen and oxygen atoms in total. The van der Waals surface area contributed by atoms with E-state index in [9.17, 15) is 4.79 Å². The molecule has 0 aromatic rings. The lowest BCUT2D eigenvalue weighted by molar-refractivity contribution is -0.140. The number of carbonyl (C=O) groups excluding carboxylic acids is 1. The number of aliphatic hydroxyl groups excluding tert-OH is 1. The number of esters is 1. The summed E-state index contributed by atoms with van der Waals surface area (Å²) in [5, 5.41) is 8.92. The van der Waals surface area contributed by atoms with Gasteiger partial charge in [-0.2, -0.15) is 0 Å². The van der Waals surface area contributed by atoms with Crippen molar-refractivity contribution >= 4 is 5.97 Å². The molecule has 0 saturated heterocycles. The highest BCUT2D eigenvalue weighted by Gasteiger charge is 2.04. The number of hydrogen-bond acceptors (Lipinski definition) is 5. The maximum Gasteiger partial charge on any atom is 0.305 e. The average Bonchev–Trinajstić information content (AvgIpc) is 2.55. The van der Waals surface area contributed by atoms with Crippen molar-refractivity contribution in [2.45, 2.75) is 70.3 Å². The molecule has 1 N–H and O–H groups in total. The van der Waals surface area contributed by atoms with Crippen molar-refractivity contribution in [3.05, 3.63) is 0 Å². The van der Waals surface area contributed by atoms with Gasteiger partial charge in [-0.15, -0.1) is 0 Å². The fourth-order valence-electron chi connectivity index (χ4n) is 2.22. The molecule has 0 radical (unpaired) electrons. The van der Waals surface area contributed by atoms with E-state index in [0.29, 0.717) is 13.0 Å². The summed E-state index contributed by atoms with van der Waals surface area (Å²) in [7, 11) is 3.02. The standard InChI is InChI=1S/C17H34O5/c1-20-16(14-18)15-22-13-11-9-7-5-3-4-6-8-10-12-17(19)21-2/h16,18H,3-15H2,1-2H3/t16-/m1/s1. The third-order valence-electron chi connectivity index (χ3n) is 3.74. The van der Waals surface area contributed by atoms with Crippen molar-refractivity contribution in [3.8, 4) is 0 Å². The van der Waals surface area contributed by atoms with Crippen LogP contribution in [0, 0.1) is 0 Å². The van der Waals surface area contributed by atoms with Gasteiger partial charge in [0.1, 0.15) is 6.10 Å². The first-order valence-electron chi connectivity index (χ1n) is 8.52. The lowest BCUT2D eigenvalue weighted by Gasteiger charge is -2.12. The number of ether oxygens (including phenoxy) is 3. The molecule has 0 aromatic carbocycles. The monoisotopic (exact) mass is 318 g/mol. The van der Waals surface area contributed by atoms with Crippen LogP contribution in [0.15, 0.2) is 0 Å². The van der Waals surface area contributed by atoms with Crippen molar-refractivity contribution in [1.29, 1.82) is 0 Å². The van der Waals surface area contributed by atoms with Gasteiger partial charge in [-0.25, -0.2) is 0 Å². The van der Waals surface area contributed by atoms with E-state index in [1.54, 1.807) is 7.11 Å². The Hall–Kier alpha value is -0.650. The molecule has 0 unspecified atom stereocenters. The highest BCUT2D eigenvalue weighted by atomic mass is 16.5. The van der Waals surface area contributed by atoms with E-state index in [1.807, 2.05) is 0 Å². The van der Waals surface area contributed by atoms with Gasteiger partial charge in [-0.05, 0) is 12.8 Å². The largest absolute Gasteiger partial charge is 0.469 e. The molecule has 5 heteroatoms. The maximum absolute atomic E-state index is 10.9. The van der Waals surface area contributed by atoms with E-state index in [1.165, 1.54) is 45.6 Å². The number of unbranched alkanes of at least 4 members (excludes halogenated alkanes) is 8. The number of hydrogen-bond donors (Lipinski definition) is 1. The minimum atomic E-state index is -0.195. The van der Waals surface area contributed by atoms with Crippen LogP contribution < -0.4 is 0 Å². The molecule has 1 atom stereocenters. The van der Waals surface area contributed by atoms with Crippen molar-refractivity contribution in [3.63, 3.8) is 0 Å². The highest BCUT2D eigenvalue weighted by molar-refractivity contribution is 5.68. The van der Waals surface area contributed by atoms with Crippen LogP contribution in [0.1, 0.15) is 64.2 Å². The zero-order valence-corrected chi connectivity index (χ0v) is 14.3. The summed E-state index contributed by atoms with van der Waals surface area (Å²) < 4.78 is 15.1. The molecule has 0 bridgehead atoms. The maximum atomic E-state index is 10.9. The normalized spacial score (nSPS) is 12.3. The van der Waals surface area contributed by atoms with Gasteiger partial charge in [0.25, 0.3) is 0 Å². The van der Waals surface area contributed by atoms with Gasteiger partial charge in [0, 0.05) is 20.1 Å². The van der Waals surface area contributed by atoms with Crippen LogP contribution in [0.2, 0.25) is 0 Å². The molecule has 22 heavy (non-hydrogen) atoms. The van der Waals surface area contributed by atoms with E-state index in [-0.39, 0.29) is 18.7 Å². The topological polar surface area (TPSA) is 65.0 Å². The van der Waals surface area contributed by atoms with E-state index in [2.05, 4.69) is 4.74 Å². The van der Waals surface area contributed by atoms with Gasteiger partial charge in [0.05, 0.1) is 20.3 Å². The molecule has 0 fully saturated rings. The molecule has 0 aliphatic rings. The van der Waals surface area contributed by atoms with Crippen LogP contribution in [-0.4, -0.2) is 51.2 Å². The van der Waals surface area contributed by atoms with Crippen LogP contribution in [-0.2, 0) is 19.0 Å². The summed E-state index contributed by atoms with van der Waals surface area (Å²) in [5.41, 5.74) is 0. The van der Waals surface area contributed by atoms with Crippen LogP contribution in [0.4, 0.5) is 0 Å². The first-order valence-corrected chi connectivity index (χ1v) is 8.52. The molecule has 0 aromatic heterocycles. The zero-order valence-electron chi connectivity index (χ0n) is 14.3. The molecule has 0 rings (SSSR count). The van der Waals surface area contributed by atoms with Gasteiger partial charge in [0.15, 0.2) is 0 Å². The lowest BCUT2D eigenvalue weighted by Crippen LogP contribution is -2.22. The second kappa shape index (κ2) is 16.7. The fraction of sp³-hybridized carbons (Fsp3) is 0.941. The second-order valence-electron chi connectivity index (χ2n) is 5.62. The quantitative estimate of drug-likeness (QED) is 0.350. The van der Waals surface area contributed by atoms with Gasteiger partial charge < -0.3 is 19.3 Å². The van der Waals surface area contributed by atoms with Crippen molar-refractivity contribution in [1.82, 2.24) is 0 Å². The summed E-state index contributed by atoms with van der Waals surface area (Å²) in [5.74, 6) is -0.0990. The molecular weight excluding hydrogens is 284 g/mol. The van der Waals surface area contributed by atoms with Crippen molar-refractivity contribution in [2.24, 2.45) is 0 Å². The second-order valence-corrected chi connectivity index (χ2v) is 5.62. The molecule has 0 aliphatic carbocycles. The molecule has 0 amide bonds. The third kappa shape index (κ3) is 14.3. The van der Waals surface area contributed by atoms with Gasteiger partial charge in [-0.1, -0.05) is 44.9 Å². The average molecular weight is 318 g/mol. The summed E-state index contributed by atoms with van der Waals surface area (Å²) in [6.45, 7) is 1.22. The van der Waals surface area contributed by atoms with E-state index in [4.69, 9.17) is 14.6 Å². The highest BCUT2D eigenvalue weighted by Crippen LogP contribution is 2.11. The minimum Gasteiger partial charge on any atom is -0.469 e. The number of rotatable bonds is 16. The molecule has 0 aliphatic heterocycles. The first kappa shape index (κ1) is 21.4. The van der Waals surface area contributed by atoms with Crippen LogP contribution in [0.25, 0.3) is 0 Å². The van der Waals surface area contributed by atoms with E-state index < -0.39 is 0 Å². The predicted molar refractivity (Wildman–Crippen MR) is 86.9 cm³/mol. The molecule has 0 spiro atoms. The molecule has 132 valence electrons. The van der Waals surface area contributed by atoms with Gasteiger partial charge in [-0.3, -0.25) is 4.79 Å². The van der Waals surface area contributed by atoms with Crippen LogP contribution in [0.3, 0.4) is 0 Å². The number of carbonyl (C=O) groups is 1. The Balaban J connectivity index is 3.10. The Morgan fingerprint density at radius 1 is 0.909 bits per heavy atom. The molecule has 0 heterocycles. The predicted octanol–water partition coefficient (Wildman–Crippen LogP) is 3.08. The van der Waals surface area contributed by atoms with Gasteiger partial charge >= 0.3 is 5.97 Å². The van der Waals surface area contributed by atoms with Crippen LogP contribution in [0.5, 0.6) is 0 Å². The Kier molecular flexibility index (Phi) is 16.2. The Morgan fingerprint density at radius 3 is 1.95 bits per heavy atom. The minimum absolute atomic E-state index is 0.0100. The van der Waals surface area contributed by atoms with Crippen molar-refractivity contribution < 1.29 is 24.1 Å². The van der Waals surface area contributed by atoms with Crippen molar-refractivity contribution in [2.75, 3.05) is 34.0 Å². The van der Waals surface area contributed by atoms with E-state index in [0.717, 1.165) is 25.9 Å². The Labute approximate surface area is 135 Å². The zero-order chi connectivity index (χ0) is 16.5. The smallest absolute Gasteiger partial charge is 0.305 e. The third-order valence-corrected chi connectivity index (χ3v) is 3.74. The number of aliphatic hydroxyl groups is 1. The van der Waals surface area contributed by atoms with Gasteiger partial charge in [0.2, 0.25) is 0 Å². The summed E-state index contributed by atoms with van der Waals surface area (Å²) in [6, 6.07) is 0. The van der Waals surface area contributed by atoms with E-state index >= 15 is 0 Å². The Bertz CT molecular complexity index is 241. The van der Waals surface area contributed by atoms with Crippen LogP contribution >= 0.6 is 0 Å². The summed E-state index contributed by atoms with van der Waals surface area (Å²) >= 11 is 0. The Morgan fingerprint density at radius 2 is 1.45 bits per heavy atom. The number of methoxy groups -OCH3 is 2. The molecule has 0 saturated carbocycles. The summed E-state index contributed by atoms with van der Waals surface area (Å²) in [6.07, 6.45) is 10.9. The molecular formula is C17H34O5. The summed E-state index contributed by atoms with van der Waals surface area (Å²) in [4.78, 5) is 10.9. The fourth-order valence-corrected chi connectivity index (χ4v) is 2.22. The SMILES string of the molecule is COC(=O)CCCCCCCCCCCOC[C@@H](CO)OC. The first-order chi connectivity index (χ1) is 10.7.